The lowest BCUT2D eigenvalue weighted by Crippen LogP contribution is -2.22. The molecule has 1 aromatic heterocycles. The second-order valence-corrected chi connectivity index (χ2v) is 4.33. The highest BCUT2D eigenvalue weighted by molar-refractivity contribution is 6.28. The summed E-state index contributed by atoms with van der Waals surface area (Å²) in [6.07, 6.45) is 1.07. The lowest BCUT2D eigenvalue weighted by molar-refractivity contribution is 0.378. The summed E-state index contributed by atoms with van der Waals surface area (Å²) >= 11 is 5.77. The van der Waals surface area contributed by atoms with Gasteiger partial charge in [-0.1, -0.05) is 13.8 Å². The van der Waals surface area contributed by atoms with Crippen LogP contribution in [0.15, 0.2) is 0 Å². The van der Waals surface area contributed by atoms with E-state index in [0.29, 0.717) is 11.9 Å². The number of nitrogens with zero attached hydrogens (tertiary/aromatic N) is 4. The Morgan fingerprint density at radius 2 is 2.00 bits per heavy atom. The Morgan fingerprint density at radius 3 is 2.56 bits per heavy atom. The quantitative estimate of drug-likeness (QED) is 0.793. The van der Waals surface area contributed by atoms with Crippen molar-refractivity contribution in [1.29, 1.82) is 0 Å². The van der Waals surface area contributed by atoms with Crippen molar-refractivity contribution in [2.75, 3.05) is 25.6 Å². The Hall–Kier alpha value is -1.10. The summed E-state index contributed by atoms with van der Waals surface area (Å²) in [5, 5.41) is 0.151. The first-order valence-electron chi connectivity index (χ1n) is 5.19. The lowest BCUT2D eigenvalue weighted by Gasteiger charge is -2.18. The molecule has 0 atom stereocenters. The van der Waals surface area contributed by atoms with E-state index in [-0.39, 0.29) is 11.3 Å². The number of rotatable bonds is 5. The number of methoxy groups -OCH3 is 1. The maximum atomic E-state index is 5.77. The normalized spacial score (nSPS) is 10.6. The highest BCUT2D eigenvalue weighted by atomic mass is 35.5. The van der Waals surface area contributed by atoms with Gasteiger partial charge in [-0.3, -0.25) is 0 Å². The van der Waals surface area contributed by atoms with Crippen molar-refractivity contribution in [3.05, 3.63) is 5.28 Å². The Morgan fingerprint density at radius 1 is 1.31 bits per heavy atom. The van der Waals surface area contributed by atoms with Gasteiger partial charge in [-0.2, -0.15) is 15.0 Å². The fourth-order valence-electron chi connectivity index (χ4n) is 1.14. The van der Waals surface area contributed by atoms with Crippen LogP contribution in [-0.4, -0.2) is 35.7 Å². The van der Waals surface area contributed by atoms with Crippen LogP contribution in [0.3, 0.4) is 0 Å². The van der Waals surface area contributed by atoms with Gasteiger partial charge in [-0.15, -0.1) is 0 Å². The summed E-state index contributed by atoms with van der Waals surface area (Å²) in [6.45, 7) is 5.23. The molecule has 0 aromatic carbocycles. The monoisotopic (exact) mass is 244 g/mol. The van der Waals surface area contributed by atoms with E-state index >= 15 is 0 Å². The van der Waals surface area contributed by atoms with Crippen molar-refractivity contribution in [3.8, 4) is 6.01 Å². The molecular weight excluding hydrogens is 228 g/mol. The summed E-state index contributed by atoms with van der Waals surface area (Å²) in [7, 11) is 3.43. The predicted octanol–water partition coefficient (Wildman–Crippen LogP) is 2.02. The maximum Gasteiger partial charge on any atom is 0.322 e. The second kappa shape index (κ2) is 5.84. The minimum Gasteiger partial charge on any atom is -0.467 e. The third-order valence-electron chi connectivity index (χ3n) is 2.14. The first kappa shape index (κ1) is 13.0. The first-order valence-corrected chi connectivity index (χ1v) is 5.57. The lowest BCUT2D eigenvalue weighted by atomic mass is 10.1. The number of ether oxygens (including phenoxy) is 1. The molecule has 0 unspecified atom stereocenters. The molecule has 0 bridgehead atoms. The van der Waals surface area contributed by atoms with E-state index < -0.39 is 0 Å². The number of anilines is 1. The van der Waals surface area contributed by atoms with Gasteiger partial charge in [-0.05, 0) is 23.9 Å². The maximum absolute atomic E-state index is 5.77. The van der Waals surface area contributed by atoms with Crippen LogP contribution in [0.25, 0.3) is 0 Å². The van der Waals surface area contributed by atoms with Crippen LogP contribution in [0.2, 0.25) is 5.28 Å². The molecule has 0 N–H and O–H groups in total. The van der Waals surface area contributed by atoms with E-state index in [0.717, 1.165) is 13.0 Å². The Kier molecular flexibility index (Phi) is 4.73. The third-order valence-corrected chi connectivity index (χ3v) is 2.31. The Bertz CT molecular complexity index is 346. The molecule has 0 saturated heterocycles. The smallest absolute Gasteiger partial charge is 0.322 e. The summed E-state index contributed by atoms with van der Waals surface area (Å²) < 4.78 is 4.94. The molecule has 0 saturated carbocycles. The molecule has 0 spiro atoms. The van der Waals surface area contributed by atoms with Gasteiger partial charge in [0.25, 0.3) is 0 Å². The van der Waals surface area contributed by atoms with Gasteiger partial charge in [0.2, 0.25) is 11.2 Å². The fraction of sp³-hybridized carbons (Fsp3) is 0.700. The molecule has 0 amide bonds. The van der Waals surface area contributed by atoms with Crippen molar-refractivity contribution in [2.24, 2.45) is 5.92 Å². The molecule has 0 fully saturated rings. The zero-order valence-electron chi connectivity index (χ0n) is 10.1. The van der Waals surface area contributed by atoms with Crippen LogP contribution in [0.4, 0.5) is 5.95 Å². The van der Waals surface area contributed by atoms with E-state index in [9.17, 15) is 0 Å². The highest BCUT2D eigenvalue weighted by Gasteiger charge is 2.09. The van der Waals surface area contributed by atoms with E-state index in [1.165, 1.54) is 7.11 Å². The molecule has 0 aliphatic carbocycles. The largest absolute Gasteiger partial charge is 0.467 e. The van der Waals surface area contributed by atoms with E-state index in [2.05, 4.69) is 28.8 Å². The molecule has 1 rings (SSSR count). The summed E-state index contributed by atoms with van der Waals surface area (Å²) in [5.74, 6) is 1.18. The van der Waals surface area contributed by atoms with E-state index in [4.69, 9.17) is 16.3 Å². The van der Waals surface area contributed by atoms with Crippen molar-refractivity contribution >= 4 is 17.5 Å². The number of hydrogen-bond acceptors (Lipinski definition) is 5. The minimum absolute atomic E-state index is 0.151. The zero-order chi connectivity index (χ0) is 12.1. The van der Waals surface area contributed by atoms with Gasteiger partial charge in [-0.25, -0.2) is 0 Å². The standard InChI is InChI=1S/C10H17ClN4O/c1-7(2)5-6-15(3)9-12-8(11)13-10(14-9)16-4/h7H,5-6H2,1-4H3. The molecule has 16 heavy (non-hydrogen) atoms. The second-order valence-electron chi connectivity index (χ2n) is 4.00. The topological polar surface area (TPSA) is 51.1 Å². The fourth-order valence-corrected chi connectivity index (χ4v) is 1.28. The summed E-state index contributed by atoms with van der Waals surface area (Å²) in [4.78, 5) is 13.9. The molecular formula is C10H17ClN4O. The van der Waals surface area contributed by atoms with Crippen LogP contribution < -0.4 is 9.64 Å². The number of halogens is 1. The van der Waals surface area contributed by atoms with Crippen molar-refractivity contribution < 1.29 is 4.74 Å². The molecule has 0 radical (unpaired) electrons. The van der Waals surface area contributed by atoms with Crippen LogP contribution in [0.1, 0.15) is 20.3 Å². The summed E-state index contributed by atoms with van der Waals surface area (Å²) in [6, 6.07) is 0.242. The van der Waals surface area contributed by atoms with Gasteiger partial charge in [0.1, 0.15) is 0 Å². The van der Waals surface area contributed by atoms with Crippen molar-refractivity contribution in [1.82, 2.24) is 15.0 Å². The Labute approximate surface area is 101 Å². The van der Waals surface area contributed by atoms with Gasteiger partial charge < -0.3 is 9.64 Å². The average Bonchev–Trinajstić information content (AvgIpc) is 2.24. The Balaban J connectivity index is 2.74. The predicted molar refractivity (Wildman–Crippen MR) is 64.1 cm³/mol. The number of hydrogen-bond donors (Lipinski definition) is 0. The van der Waals surface area contributed by atoms with Crippen molar-refractivity contribution in [3.63, 3.8) is 0 Å². The molecule has 1 aromatic rings. The highest BCUT2D eigenvalue weighted by Crippen LogP contribution is 2.14. The molecule has 1 heterocycles. The van der Waals surface area contributed by atoms with Crippen LogP contribution >= 0.6 is 11.6 Å². The SMILES string of the molecule is COc1nc(Cl)nc(N(C)CCC(C)C)n1. The van der Waals surface area contributed by atoms with Gasteiger partial charge >= 0.3 is 6.01 Å². The van der Waals surface area contributed by atoms with Crippen molar-refractivity contribution in [2.45, 2.75) is 20.3 Å². The first-order chi connectivity index (χ1) is 7.52. The van der Waals surface area contributed by atoms with Crippen LogP contribution in [0, 0.1) is 5.92 Å². The van der Waals surface area contributed by atoms with Gasteiger partial charge in [0.15, 0.2) is 0 Å². The van der Waals surface area contributed by atoms with Crippen LogP contribution in [0.5, 0.6) is 6.01 Å². The minimum atomic E-state index is 0.151. The third kappa shape index (κ3) is 3.81. The van der Waals surface area contributed by atoms with Gasteiger partial charge in [0, 0.05) is 13.6 Å². The molecule has 0 aliphatic rings. The van der Waals surface area contributed by atoms with E-state index in [1.807, 2.05) is 11.9 Å². The van der Waals surface area contributed by atoms with Gasteiger partial charge in [0.05, 0.1) is 7.11 Å². The van der Waals surface area contributed by atoms with E-state index in [1.54, 1.807) is 0 Å². The van der Waals surface area contributed by atoms with Crippen LogP contribution in [-0.2, 0) is 0 Å². The molecule has 5 nitrogen and oxygen atoms in total. The average molecular weight is 245 g/mol. The molecule has 0 aliphatic heterocycles. The number of aromatic nitrogens is 3. The zero-order valence-corrected chi connectivity index (χ0v) is 10.8. The summed E-state index contributed by atoms with van der Waals surface area (Å²) in [5.41, 5.74) is 0. The molecule has 90 valence electrons. The molecule has 6 heteroatoms.